The van der Waals surface area contributed by atoms with Crippen molar-refractivity contribution in [3.05, 3.63) is 103 Å². The molecule has 0 saturated carbocycles. The summed E-state index contributed by atoms with van der Waals surface area (Å²) in [5.74, 6) is -0.0686. The summed E-state index contributed by atoms with van der Waals surface area (Å²) in [5, 5.41) is 0. The summed E-state index contributed by atoms with van der Waals surface area (Å²) in [5.41, 5.74) is 3.83. The fourth-order valence-corrected chi connectivity index (χ4v) is 6.03. The number of aromatic nitrogens is 2. The molecule has 0 N–H and O–H groups in total. The molecule has 5 rings (SSSR count). The van der Waals surface area contributed by atoms with Crippen LogP contribution in [0.15, 0.2) is 96.4 Å². The maximum atomic E-state index is 13.2. The Labute approximate surface area is 234 Å². The molecule has 1 fully saturated rings. The van der Waals surface area contributed by atoms with Crippen molar-refractivity contribution in [1.82, 2.24) is 23.7 Å². The van der Waals surface area contributed by atoms with Gasteiger partial charge < -0.3 is 9.47 Å². The van der Waals surface area contributed by atoms with Crippen molar-refractivity contribution in [2.75, 3.05) is 46.8 Å². The molecule has 1 aliphatic heterocycles. The highest BCUT2D eigenvalue weighted by Crippen LogP contribution is 2.25. The summed E-state index contributed by atoms with van der Waals surface area (Å²) in [6.45, 7) is 1.99. The van der Waals surface area contributed by atoms with Gasteiger partial charge in [0.2, 0.25) is 15.9 Å². The maximum absolute atomic E-state index is 13.2. The smallest absolute Gasteiger partial charge is 0.243 e. The average Bonchev–Trinajstić information content (AvgIpc) is 3.53. The van der Waals surface area contributed by atoms with Gasteiger partial charge in [0, 0.05) is 69.5 Å². The molecule has 1 aromatic heterocycles. The molecule has 1 aliphatic rings. The van der Waals surface area contributed by atoms with Gasteiger partial charge in [-0.3, -0.25) is 14.5 Å². The van der Waals surface area contributed by atoms with Gasteiger partial charge in [-0.2, -0.15) is 4.31 Å². The highest BCUT2D eigenvalue weighted by molar-refractivity contribution is 7.89. The number of hydrogen-bond donors (Lipinski definition) is 0. The Morgan fingerprint density at radius 3 is 1.88 bits per heavy atom. The summed E-state index contributed by atoms with van der Waals surface area (Å²) in [4.78, 5) is 32.7. The van der Waals surface area contributed by atoms with E-state index in [1.807, 2.05) is 39.9 Å². The molecular formula is C30H31N5O4S. The van der Waals surface area contributed by atoms with Gasteiger partial charge in [-0.15, -0.1) is 0 Å². The maximum Gasteiger partial charge on any atom is 0.243 e. The molecule has 1 saturated heterocycles. The van der Waals surface area contributed by atoms with Crippen molar-refractivity contribution in [3.63, 3.8) is 0 Å². The molecule has 40 heavy (non-hydrogen) atoms. The molecule has 0 spiro atoms. The molecular weight excluding hydrogens is 526 g/mol. The molecule has 3 aromatic carbocycles. The number of carbonyl (C=O) groups excluding carboxylic acids is 2. The van der Waals surface area contributed by atoms with Gasteiger partial charge in [0.15, 0.2) is 5.78 Å². The first-order valence-corrected chi connectivity index (χ1v) is 14.4. The minimum absolute atomic E-state index is 0.00422. The zero-order valence-electron chi connectivity index (χ0n) is 22.5. The van der Waals surface area contributed by atoms with Crippen molar-refractivity contribution < 1.29 is 18.0 Å². The number of nitrogens with zero attached hydrogens (tertiary/aromatic N) is 5. The number of carbonyl (C=O) groups is 2. The third kappa shape index (κ3) is 5.89. The highest BCUT2D eigenvalue weighted by Gasteiger charge is 2.29. The summed E-state index contributed by atoms with van der Waals surface area (Å²) in [6.07, 6.45) is 5.25. The number of piperazine rings is 1. The summed E-state index contributed by atoms with van der Waals surface area (Å²) in [6, 6.07) is 21.5. The molecule has 0 atom stereocenters. The van der Waals surface area contributed by atoms with Crippen LogP contribution in [0.4, 0.5) is 0 Å². The molecule has 2 heterocycles. The Kier molecular flexibility index (Phi) is 7.92. The first-order chi connectivity index (χ1) is 19.2. The zero-order chi connectivity index (χ0) is 28.3. The quantitative estimate of drug-likeness (QED) is 0.309. The fourth-order valence-electron chi connectivity index (χ4n) is 4.61. The van der Waals surface area contributed by atoms with Crippen LogP contribution in [0.2, 0.25) is 0 Å². The van der Waals surface area contributed by atoms with E-state index in [1.54, 1.807) is 80.1 Å². The Bertz CT molecular complexity index is 1570. The molecule has 0 aliphatic carbocycles. The second-order valence-electron chi connectivity index (χ2n) is 9.92. The lowest BCUT2D eigenvalue weighted by Crippen LogP contribution is -2.50. The first kappa shape index (κ1) is 27.4. The van der Waals surface area contributed by atoms with E-state index < -0.39 is 10.0 Å². The van der Waals surface area contributed by atoms with E-state index in [0.29, 0.717) is 43.9 Å². The molecule has 4 aromatic rings. The monoisotopic (exact) mass is 557 g/mol. The van der Waals surface area contributed by atoms with E-state index >= 15 is 0 Å². The lowest BCUT2D eigenvalue weighted by Gasteiger charge is -2.34. The van der Waals surface area contributed by atoms with Crippen LogP contribution in [0.5, 0.6) is 0 Å². The van der Waals surface area contributed by atoms with E-state index in [-0.39, 0.29) is 16.6 Å². The molecule has 206 valence electrons. The van der Waals surface area contributed by atoms with Gasteiger partial charge in [0.1, 0.15) is 0 Å². The number of ketones is 1. The number of imidazole rings is 1. The highest BCUT2D eigenvalue weighted by atomic mass is 32.2. The second kappa shape index (κ2) is 11.5. The minimum atomic E-state index is -3.63. The van der Waals surface area contributed by atoms with Crippen molar-refractivity contribution in [2.24, 2.45) is 0 Å². The molecule has 0 radical (unpaired) electrons. The number of rotatable bonds is 8. The van der Waals surface area contributed by atoms with Crippen molar-refractivity contribution in [1.29, 1.82) is 0 Å². The molecule has 10 heteroatoms. The normalized spacial score (nSPS) is 14.7. The third-order valence-electron chi connectivity index (χ3n) is 7.09. The third-order valence-corrected chi connectivity index (χ3v) is 9.01. The number of amides is 1. The molecule has 0 unspecified atom stereocenters. The number of sulfonamides is 1. The molecule has 0 bridgehead atoms. The van der Waals surface area contributed by atoms with E-state index in [1.165, 1.54) is 4.31 Å². The topological polar surface area (TPSA) is 95.8 Å². The largest absolute Gasteiger partial charge is 0.348 e. The van der Waals surface area contributed by atoms with Crippen LogP contribution in [-0.2, 0) is 14.8 Å². The van der Waals surface area contributed by atoms with Crippen molar-refractivity contribution in [2.45, 2.75) is 4.90 Å². The van der Waals surface area contributed by atoms with Gasteiger partial charge in [-0.1, -0.05) is 36.4 Å². The number of likely N-dealkylation sites (N-methyl/N-ethyl adjacent to an activating group) is 1. The molecule has 9 nitrogen and oxygen atoms in total. The van der Waals surface area contributed by atoms with Crippen LogP contribution in [0, 0.1) is 0 Å². The van der Waals surface area contributed by atoms with Gasteiger partial charge in [0.05, 0.1) is 17.8 Å². The van der Waals surface area contributed by atoms with Crippen LogP contribution in [-0.4, -0.2) is 90.6 Å². The van der Waals surface area contributed by atoms with Crippen LogP contribution in [0.3, 0.4) is 0 Å². The Balaban J connectivity index is 1.22. The second-order valence-corrected chi connectivity index (χ2v) is 11.9. The SMILES string of the molecule is CN(C)C(=O)CN1CCN(S(=O)(=O)c2ccc(-c3ccc(C(=O)c4ccc(-n5ccnc5)cc4)cc3)cc2)CC1. The fraction of sp³-hybridized carbons (Fsp3) is 0.233. The van der Waals surface area contributed by atoms with Crippen LogP contribution < -0.4 is 0 Å². The zero-order valence-corrected chi connectivity index (χ0v) is 23.3. The van der Waals surface area contributed by atoms with Gasteiger partial charge in [-0.25, -0.2) is 13.4 Å². The minimum Gasteiger partial charge on any atom is -0.348 e. The molecule has 1 amide bonds. The average molecular weight is 558 g/mol. The number of benzene rings is 3. The van der Waals surface area contributed by atoms with Crippen LogP contribution >= 0.6 is 0 Å². The van der Waals surface area contributed by atoms with Gasteiger partial charge in [-0.05, 0) is 47.5 Å². The first-order valence-electron chi connectivity index (χ1n) is 13.0. The lowest BCUT2D eigenvalue weighted by molar-refractivity contribution is -0.130. The standard InChI is InChI=1S/C30H31N5O4S/c1-32(2)29(36)21-33-17-19-35(20-18-33)40(38,39)28-13-9-24(10-14-28)23-3-5-25(6-4-23)30(37)26-7-11-27(12-8-26)34-16-15-31-22-34/h3-16,22H,17-21H2,1-2H3. The van der Waals surface area contributed by atoms with Crippen molar-refractivity contribution in [3.8, 4) is 16.8 Å². The lowest BCUT2D eigenvalue weighted by atomic mass is 9.99. The summed E-state index contributed by atoms with van der Waals surface area (Å²) in [7, 11) is -0.208. The number of hydrogen-bond acceptors (Lipinski definition) is 6. The van der Waals surface area contributed by atoms with Crippen molar-refractivity contribution >= 4 is 21.7 Å². The Hall–Kier alpha value is -4.12. The Morgan fingerprint density at radius 2 is 1.35 bits per heavy atom. The van der Waals surface area contributed by atoms with E-state index in [9.17, 15) is 18.0 Å². The van der Waals surface area contributed by atoms with E-state index in [2.05, 4.69) is 4.98 Å². The summed E-state index contributed by atoms with van der Waals surface area (Å²) < 4.78 is 29.8. The van der Waals surface area contributed by atoms with E-state index in [4.69, 9.17) is 0 Å². The predicted molar refractivity (Wildman–Crippen MR) is 153 cm³/mol. The summed E-state index contributed by atoms with van der Waals surface area (Å²) >= 11 is 0. The van der Waals surface area contributed by atoms with Gasteiger partial charge in [0.25, 0.3) is 0 Å². The van der Waals surface area contributed by atoms with E-state index in [0.717, 1.165) is 16.8 Å². The Morgan fingerprint density at radius 1 is 0.800 bits per heavy atom. The van der Waals surface area contributed by atoms with Gasteiger partial charge >= 0.3 is 0 Å². The predicted octanol–water partition coefficient (Wildman–Crippen LogP) is 3.16. The van der Waals surface area contributed by atoms with Crippen LogP contribution in [0.1, 0.15) is 15.9 Å². The van der Waals surface area contributed by atoms with Crippen LogP contribution in [0.25, 0.3) is 16.8 Å².